The van der Waals surface area contributed by atoms with Crippen LogP contribution in [0.4, 0.5) is 5.69 Å². The molecule has 1 amide bonds. The summed E-state index contributed by atoms with van der Waals surface area (Å²) in [7, 11) is 0. The predicted molar refractivity (Wildman–Crippen MR) is 152 cm³/mol. The van der Waals surface area contributed by atoms with E-state index < -0.39 is 0 Å². The lowest BCUT2D eigenvalue weighted by molar-refractivity contribution is 0.102. The number of unbranched alkanes of at least 4 members (excludes halogenated alkanes) is 9. The summed E-state index contributed by atoms with van der Waals surface area (Å²) in [5.41, 5.74) is 3.72. The molecular weight excluding hydrogens is 446 g/mol. The molecule has 2 aromatic rings. The Bertz CT molecular complexity index is 983. The number of nitrogens with one attached hydrogen (secondary N) is 1. The lowest BCUT2D eigenvalue weighted by Gasteiger charge is -2.16. The zero-order valence-corrected chi connectivity index (χ0v) is 23.6. The highest BCUT2D eigenvalue weighted by atomic mass is 16.3. The van der Waals surface area contributed by atoms with Gasteiger partial charge in [-0.2, -0.15) is 0 Å². The van der Waals surface area contributed by atoms with E-state index in [1.165, 1.54) is 51.4 Å². The van der Waals surface area contributed by atoms with E-state index >= 15 is 0 Å². The van der Waals surface area contributed by atoms with Gasteiger partial charge in [-0.1, -0.05) is 104 Å². The average molecular weight is 496 g/mol. The Balaban J connectivity index is 2.11. The highest BCUT2D eigenvalue weighted by Crippen LogP contribution is 2.24. The van der Waals surface area contributed by atoms with Gasteiger partial charge in [-0.05, 0) is 50.2 Å². The van der Waals surface area contributed by atoms with Crippen molar-refractivity contribution in [2.45, 2.75) is 131 Å². The first-order valence-electron chi connectivity index (χ1n) is 14.6. The van der Waals surface area contributed by atoms with Gasteiger partial charge in [0.05, 0.1) is 0 Å². The van der Waals surface area contributed by atoms with Crippen molar-refractivity contribution in [2.24, 2.45) is 0 Å². The fourth-order valence-corrected chi connectivity index (χ4v) is 5.03. The van der Waals surface area contributed by atoms with Gasteiger partial charge in [0.25, 0.3) is 5.91 Å². The second kappa shape index (κ2) is 16.4. The summed E-state index contributed by atoms with van der Waals surface area (Å²) in [6.45, 7) is 10.3. The maximum Gasteiger partial charge on any atom is 0.263 e. The van der Waals surface area contributed by atoms with E-state index in [0.717, 1.165) is 48.9 Å². The fourth-order valence-electron chi connectivity index (χ4n) is 5.03. The normalized spacial score (nSPS) is 11.1. The first-order valence-corrected chi connectivity index (χ1v) is 14.6. The van der Waals surface area contributed by atoms with Crippen molar-refractivity contribution in [1.29, 1.82) is 0 Å². The Morgan fingerprint density at radius 2 is 1.33 bits per heavy atom. The highest BCUT2D eigenvalue weighted by molar-refractivity contribution is 6.05. The molecule has 0 saturated heterocycles. The average Bonchev–Trinajstić information content (AvgIpc) is 2.87. The third kappa shape index (κ3) is 8.64. The molecule has 0 spiro atoms. The fraction of sp³-hybridized carbons (Fsp3) is 0.625. The molecular formula is C32H49NO3. The monoisotopic (exact) mass is 495 g/mol. The molecule has 0 bridgehead atoms. The van der Waals surface area contributed by atoms with Crippen molar-refractivity contribution in [3.05, 3.63) is 62.2 Å². The molecule has 1 aromatic carbocycles. The molecule has 4 nitrogen and oxygen atoms in total. The molecule has 0 atom stereocenters. The molecule has 0 aliphatic carbocycles. The SMILES string of the molecule is CCCCCCCCCCCCc1c(C)oc(CCC)c(C(=O)Nc2c(CC)cccc2CC)c1=O. The van der Waals surface area contributed by atoms with E-state index in [2.05, 4.69) is 26.1 Å². The Labute approximate surface area is 219 Å². The quantitative estimate of drug-likeness (QED) is 0.223. The van der Waals surface area contributed by atoms with Crippen molar-refractivity contribution < 1.29 is 9.21 Å². The van der Waals surface area contributed by atoms with E-state index in [4.69, 9.17) is 4.42 Å². The summed E-state index contributed by atoms with van der Waals surface area (Å²) in [6, 6.07) is 6.10. The summed E-state index contributed by atoms with van der Waals surface area (Å²) >= 11 is 0. The summed E-state index contributed by atoms with van der Waals surface area (Å²) in [5, 5.41) is 3.09. The van der Waals surface area contributed by atoms with E-state index in [1.807, 2.05) is 32.0 Å². The minimum Gasteiger partial charge on any atom is -0.465 e. The van der Waals surface area contributed by atoms with E-state index in [1.54, 1.807) is 0 Å². The zero-order valence-electron chi connectivity index (χ0n) is 23.6. The second-order valence-corrected chi connectivity index (χ2v) is 10.1. The van der Waals surface area contributed by atoms with Crippen molar-refractivity contribution >= 4 is 11.6 Å². The molecule has 2 rings (SSSR count). The smallest absolute Gasteiger partial charge is 0.263 e. The van der Waals surface area contributed by atoms with Crippen molar-refractivity contribution in [3.8, 4) is 0 Å². The highest BCUT2D eigenvalue weighted by Gasteiger charge is 2.23. The zero-order chi connectivity index (χ0) is 26.3. The molecule has 1 heterocycles. The summed E-state index contributed by atoms with van der Waals surface area (Å²) in [5.74, 6) is 0.836. The number of anilines is 1. The van der Waals surface area contributed by atoms with Crippen LogP contribution < -0.4 is 10.7 Å². The van der Waals surface area contributed by atoms with Gasteiger partial charge >= 0.3 is 0 Å². The lowest BCUT2D eigenvalue weighted by Crippen LogP contribution is -2.27. The Kier molecular flexibility index (Phi) is 13.6. The second-order valence-electron chi connectivity index (χ2n) is 10.1. The summed E-state index contributed by atoms with van der Waals surface area (Å²) < 4.78 is 6.11. The first-order chi connectivity index (χ1) is 17.5. The Morgan fingerprint density at radius 3 is 1.86 bits per heavy atom. The number of amides is 1. The lowest BCUT2D eigenvalue weighted by atomic mass is 9.99. The molecule has 200 valence electrons. The largest absolute Gasteiger partial charge is 0.465 e. The summed E-state index contributed by atoms with van der Waals surface area (Å²) in [6.07, 6.45) is 16.2. The van der Waals surface area contributed by atoms with Crippen LogP contribution in [0.2, 0.25) is 0 Å². The number of para-hydroxylation sites is 1. The van der Waals surface area contributed by atoms with Crippen LogP contribution in [-0.2, 0) is 25.7 Å². The molecule has 4 heteroatoms. The van der Waals surface area contributed by atoms with E-state index in [0.29, 0.717) is 29.9 Å². The van der Waals surface area contributed by atoms with Crippen LogP contribution in [0.5, 0.6) is 0 Å². The molecule has 0 unspecified atom stereocenters. The maximum atomic E-state index is 13.6. The number of carbonyl (C=O) groups excluding carboxylic acids is 1. The number of aryl methyl sites for hydroxylation is 4. The van der Waals surface area contributed by atoms with E-state index in [-0.39, 0.29) is 16.9 Å². The third-order valence-electron chi connectivity index (χ3n) is 7.20. The van der Waals surface area contributed by atoms with Crippen LogP contribution in [-0.4, -0.2) is 5.91 Å². The number of carbonyl (C=O) groups is 1. The standard InChI is InChI=1S/C32H49NO3/c1-6-10-11-12-13-14-15-16-17-18-23-27-24(5)36-28(20-7-2)29(31(27)34)32(35)33-30-25(8-3)21-19-22-26(30)9-4/h19,21-22H,6-18,20,23H2,1-5H3,(H,33,35). The minimum atomic E-state index is -0.341. The van der Waals surface area contributed by atoms with Gasteiger partial charge in [0.2, 0.25) is 5.43 Å². The number of hydrogen-bond acceptors (Lipinski definition) is 3. The van der Waals surface area contributed by atoms with Gasteiger partial charge in [0.1, 0.15) is 17.1 Å². The van der Waals surface area contributed by atoms with Crippen molar-refractivity contribution in [1.82, 2.24) is 0 Å². The van der Waals surface area contributed by atoms with Gasteiger partial charge in [0.15, 0.2) is 0 Å². The molecule has 36 heavy (non-hydrogen) atoms. The van der Waals surface area contributed by atoms with Crippen LogP contribution >= 0.6 is 0 Å². The van der Waals surface area contributed by atoms with Crippen molar-refractivity contribution in [2.75, 3.05) is 5.32 Å². The van der Waals surface area contributed by atoms with Crippen molar-refractivity contribution in [3.63, 3.8) is 0 Å². The predicted octanol–water partition coefficient (Wildman–Crippen LogP) is 8.74. The number of hydrogen-bond donors (Lipinski definition) is 1. The molecule has 0 aliphatic rings. The Hall–Kier alpha value is -2.36. The molecule has 0 fully saturated rings. The minimum absolute atomic E-state index is 0.150. The molecule has 1 N–H and O–H groups in total. The molecule has 0 aliphatic heterocycles. The summed E-state index contributed by atoms with van der Waals surface area (Å²) in [4.78, 5) is 27.1. The van der Waals surface area contributed by atoms with Gasteiger partial charge in [0, 0.05) is 17.7 Å². The Morgan fingerprint density at radius 1 is 0.778 bits per heavy atom. The van der Waals surface area contributed by atoms with Crippen LogP contribution in [0.15, 0.2) is 27.4 Å². The van der Waals surface area contributed by atoms with Crippen LogP contribution in [0.1, 0.15) is 137 Å². The van der Waals surface area contributed by atoms with Gasteiger partial charge in [-0.25, -0.2) is 0 Å². The number of rotatable bonds is 17. The van der Waals surface area contributed by atoms with Gasteiger partial charge < -0.3 is 9.73 Å². The van der Waals surface area contributed by atoms with Gasteiger partial charge in [-0.15, -0.1) is 0 Å². The van der Waals surface area contributed by atoms with Crippen LogP contribution in [0, 0.1) is 6.92 Å². The molecule has 0 radical (unpaired) electrons. The third-order valence-corrected chi connectivity index (χ3v) is 7.20. The maximum absolute atomic E-state index is 13.6. The van der Waals surface area contributed by atoms with Crippen LogP contribution in [0.3, 0.4) is 0 Å². The van der Waals surface area contributed by atoms with Crippen LogP contribution in [0.25, 0.3) is 0 Å². The van der Waals surface area contributed by atoms with E-state index in [9.17, 15) is 9.59 Å². The van der Waals surface area contributed by atoms with Gasteiger partial charge in [-0.3, -0.25) is 9.59 Å². The first kappa shape index (κ1) is 29.9. The molecule has 0 saturated carbocycles. The topological polar surface area (TPSA) is 59.3 Å². The molecule has 1 aromatic heterocycles. The number of benzene rings is 1.